The molecule has 1 N–H and O–H groups in total. The molecule has 0 aliphatic rings. The Kier molecular flexibility index (Phi) is 4.28. The zero-order valence-electron chi connectivity index (χ0n) is 15.6. The molecule has 0 spiro atoms. The monoisotopic (exact) mass is 359 g/mol. The molecule has 4 aromatic rings. The van der Waals surface area contributed by atoms with E-state index in [1.165, 1.54) is 4.52 Å². The van der Waals surface area contributed by atoms with Crippen molar-refractivity contribution in [3.63, 3.8) is 0 Å². The molecule has 27 heavy (non-hydrogen) atoms. The normalized spacial score (nSPS) is 11.3. The lowest BCUT2D eigenvalue weighted by molar-refractivity contribution is 0.415. The number of benzene rings is 2. The summed E-state index contributed by atoms with van der Waals surface area (Å²) in [7, 11) is 1.63. The predicted octanol–water partition coefficient (Wildman–Crippen LogP) is 4.49. The Morgan fingerprint density at radius 2 is 1.70 bits per heavy atom. The van der Waals surface area contributed by atoms with Crippen LogP contribution in [0.5, 0.6) is 5.75 Å². The van der Waals surface area contributed by atoms with E-state index in [0.717, 1.165) is 28.1 Å². The van der Waals surface area contributed by atoms with Gasteiger partial charge in [-0.1, -0.05) is 44.2 Å². The first kappa shape index (κ1) is 17.1. The van der Waals surface area contributed by atoms with E-state index >= 15 is 0 Å². The van der Waals surface area contributed by atoms with Crippen molar-refractivity contribution in [1.82, 2.24) is 14.6 Å². The van der Waals surface area contributed by atoms with Gasteiger partial charge in [-0.25, -0.2) is 9.50 Å². The first-order valence-electron chi connectivity index (χ1n) is 8.94. The van der Waals surface area contributed by atoms with Crippen molar-refractivity contribution in [2.75, 3.05) is 7.11 Å². The Labute approximate surface area is 157 Å². The van der Waals surface area contributed by atoms with Crippen LogP contribution in [0, 0.1) is 0 Å². The number of rotatable bonds is 4. The van der Waals surface area contributed by atoms with Crippen LogP contribution in [0.1, 0.15) is 25.5 Å². The Hall–Kier alpha value is -3.34. The molecule has 2 heterocycles. The van der Waals surface area contributed by atoms with Gasteiger partial charge in [0.05, 0.1) is 12.8 Å². The number of nitrogens with one attached hydrogen (secondary N) is 1. The number of hydrogen-bond acceptors (Lipinski definition) is 3. The van der Waals surface area contributed by atoms with Crippen molar-refractivity contribution in [2.45, 2.75) is 19.8 Å². The number of aromatic amines is 1. The van der Waals surface area contributed by atoms with Crippen molar-refractivity contribution >= 4 is 5.65 Å². The van der Waals surface area contributed by atoms with Gasteiger partial charge in [0, 0.05) is 22.9 Å². The first-order valence-corrected chi connectivity index (χ1v) is 8.94. The molecule has 0 amide bonds. The second-order valence-corrected chi connectivity index (χ2v) is 6.79. The molecule has 2 aromatic heterocycles. The smallest absolute Gasteiger partial charge is 0.273 e. The van der Waals surface area contributed by atoms with E-state index in [2.05, 4.69) is 18.9 Å². The van der Waals surface area contributed by atoms with Gasteiger partial charge in [-0.15, -0.1) is 0 Å². The molecule has 0 radical (unpaired) electrons. The van der Waals surface area contributed by atoms with Crippen molar-refractivity contribution in [3.05, 3.63) is 76.7 Å². The van der Waals surface area contributed by atoms with Crippen LogP contribution in [0.25, 0.3) is 28.0 Å². The number of methoxy groups -OCH3 is 1. The van der Waals surface area contributed by atoms with E-state index in [1.807, 2.05) is 54.6 Å². The fraction of sp³-hybridized carbons (Fsp3) is 0.182. The number of hydrogen-bond donors (Lipinski definition) is 1. The van der Waals surface area contributed by atoms with Gasteiger partial charge in [0.2, 0.25) is 0 Å². The van der Waals surface area contributed by atoms with Gasteiger partial charge in [-0.2, -0.15) is 0 Å². The second kappa shape index (κ2) is 6.76. The molecule has 2 aromatic carbocycles. The summed E-state index contributed by atoms with van der Waals surface area (Å²) in [6, 6.07) is 19.2. The number of fused-ring (bicyclic) bond motifs is 1. The Balaban J connectivity index is 1.99. The zero-order valence-corrected chi connectivity index (χ0v) is 15.6. The summed E-state index contributed by atoms with van der Waals surface area (Å²) in [4.78, 5) is 17.6. The standard InChI is InChI=1S/C22H21N3O2/c1-14(2)21-20(16-7-5-4-6-8-16)22-23-18(13-19(26)25(22)24-21)15-9-11-17(27-3)12-10-15/h4-14,24H,1-3H3. The SMILES string of the molecule is COc1ccc(-c2cc(=O)n3[nH]c(C(C)C)c(-c4ccccc4)c3n2)cc1. The maximum atomic E-state index is 12.8. The minimum absolute atomic E-state index is 0.130. The van der Waals surface area contributed by atoms with Gasteiger partial charge in [0.25, 0.3) is 5.56 Å². The first-order chi connectivity index (χ1) is 13.1. The Morgan fingerprint density at radius 3 is 2.33 bits per heavy atom. The fourth-order valence-corrected chi connectivity index (χ4v) is 3.27. The van der Waals surface area contributed by atoms with Gasteiger partial charge in [0.15, 0.2) is 5.65 Å². The summed E-state index contributed by atoms with van der Waals surface area (Å²) in [5.74, 6) is 0.996. The van der Waals surface area contributed by atoms with Crippen LogP contribution in [0.3, 0.4) is 0 Å². The molecule has 0 saturated carbocycles. The van der Waals surface area contributed by atoms with E-state index in [1.54, 1.807) is 13.2 Å². The van der Waals surface area contributed by atoms with E-state index in [-0.39, 0.29) is 11.5 Å². The van der Waals surface area contributed by atoms with Crippen molar-refractivity contribution in [1.29, 1.82) is 0 Å². The molecule has 136 valence electrons. The van der Waals surface area contributed by atoms with Crippen LogP contribution in [-0.4, -0.2) is 21.7 Å². The minimum Gasteiger partial charge on any atom is -0.497 e. The summed E-state index contributed by atoms with van der Waals surface area (Å²) in [6.07, 6.45) is 0. The van der Waals surface area contributed by atoms with Crippen LogP contribution in [0.4, 0.5) is 0 Å². The molecule has 0 unspecified atom stereocenters. The average Bonchev–Trinajstić information content (AvgIpc) is 3.09. The lowest BCUT2D eigenvalue weighted by atomic mass is 9.99. The summed E-state index contributed by atoms with van der Waals surface area (Å²) in [6.45, 7) is 4.21. The highest BCUT2D eigenvalue weighted by Gasteiger charge is 2.19. The van der Waals surface area contributed by atoms with Crippen molar-refractivity contribution in [2.24, 2.45) is 0 Å². The largest absolute Gasteiger partial charge is 0.497 e. The summed E-state index contributed by atoms with van der Waals surface area (Å²) < 4.78 is 6.75. The number of nitrogens with zero attached hydrogens (tertiary/aromatic N) is 2. The molecular formula is C22H21N3O2. The third-order valence-electron chi connectivity index (χ3n) is 4.67. The third-order valence-corrected chi connectivity index (χ3v) is 4.67. The molecule has 0 aliphatic carbocycles. The van der Waals surface area contributed by atoms with Gasteiger partial charge in [-0.05, 0) is 35.7 Å². The lowest BCUT2D eigenvalue weighted by Crippen LogP contribution is -2.14. The average molecular weight is 359 g/mol. The molecule has 0 aliphatic heterocycles. The van der Waals surface area contributed by atoms with Crippen LogP contribution in [-0.2, 0) is 0 Å². The number of ether oxygens (including phenoxy) is 1. The summed E-state index contributed by atoms with van der Waals surface area (Å²) in [5.41, 5.74) is 5.04. The van der Waals surface area contributed by atoms with E-state index in [4.69, 9.17) is 9.72 Å². The van der Waals surface area contributed by atoms with Gasteiger partial charge in [0.1, 0.15) is 5.75 Å². The van der Waals surface area contributed by atoms with E-state index in [9.17, 15) is 4.79 Å². The maximum Gasteiger partial charge on any atom is 0.273 e. The quantitative estimate of drug-likeness (QED) is 0.584. The summed E-state index contributed by atoms with van der Waals surface area (Å²) >= 11 is 0. The molecule has 0 fully saturated rings. The predicted molar refractivity (Wildman–Crippen MR) is 107 cm³/mol. The highest BCUT2D eigenvalue weighted by atomic mass is 16.5. The Bertz CT molecular complexity index is 1140. The summed E-state index contributed by atoms with van der Waals surface area (Å²) in [5, 5.41) is 3.25. The highest BCUT2D eigenvalue weighted by Crippen LogP contribution is 2.32. The molecule has 0 atom stereocenters. The van der Waals surface area contributed by atoms with Crippen LogP contribution >= 0.6 is 0 Å². The van der Waals surface area contributed by atoms with E-state index < -0.39 is 0 Å². The fourth-order valence-electron chi connectivity index (χ4n) is 3.27. The number of H-pyrrole nitrogens is 1. The molecule has 5 heteroatoms. The third kappa shape index (κ3) is 3.01. The molecule has 4 rings (SSSR count). The number of aromatic nitrogens is 3. The second-order valence-electron chi connectivity index (χ2n) is 6.79. The maximum absolute atomic E-state index is 12.8. The van der Waals surface area contributed by atoms with Crippen LogP contribution < -0.4 is 10.3 Å². The van der Waals surface area contributed by atoms with Crippen molar-refractivity contribution < 1.29 is 4.74 Å². The lowest BCUT2D eigenvalue weighted by Gasteiger charge is -2.07. The minimum atomic E-state index is -0.130. The topological polar surface area (TPSA) is 59.4 Å². The van der Waals surface area contributed by atoms with Gasteiger partial charge >= 0.3 is 0 Å². The molecule has 0 bridgehead atoms. The van der Waals surface area contributed by atoms with Crippen LogP contribution in [0.2, 0.25) is 0 Å². The van der Waals surface area contributed by atoms with Crippen molar-refractivity contribution in [3.8, 4) is 28.1 Å². The molecular weight excluding hydrogens is 338 g/mol. The van der Waals surface area contributed by atoms with E-state index in [0.29, 0.717) is 11.3 Å². The van der Waals surface area contributed by atoms with Crippen LogP contribution in [0.15, 0.2) is 65.5 Å². The van der Waals surface area contributed by atoms with Gasteiger partial charge < -0.3 is 4.74 Å². The highest BCUT2D eigenvalue weighted by molar-refractivity contribution is 5.81. The molecule has 5 nitrogen and oxygen atoms in total. The zero-order chi connectivity index (χ0) is 19.0. The molecule has 0 saturated heterocycles. The Morgan fingerprint density at radius 1 is 1.00 bits per heavy atom. The van der Waals surface area contributed by atoms with Gasteiger partial charge in [-0.3, -0.25) is 9.89 Å².